The fourth-order valence-electron chi connectivity index (χ4n) is 3.56. The third kappa shape index (κ3) is 3.67. The van der Waals surface area contributed by atoms with Gasteiger partial charge < -0.3 is 10.2 Å². The van der Waals surface area contributed by atoms with Crippen LogP contribution in [0.1, 0.15) is 50.4 Å². The molecule has 1 aromatic heterocycles. The van der Waals surface area contributed by atoms with Gasteiger partial charge in [-0.3, -0.25) is 14.7 Å². The van der Waals surface area contributed by atoms with Gasteiger partial charge in [-0.2, -0.15) is 5.10 Å². The molecule has 6 heteroatoms. The highest BCUT2D eigenvalue weighted by Gasteiger charge is 2.36. The SMILES string of the molecule is CC1CC(C(=O)Nc2[nH]ncc2C(=O)N(C)C)CC(C)(C)C1. The summed E-state index contributed by atoms with van der Waals surface area (Å²) in [6.45, 7) is 6.61. The molecule has 1 saturated carbocycles. The number of nitrogens with zero attached hydrogens (tertiary/aromatic N) is 2. The molecule has 0 spiro atoms. The van der Waals surface area contributed by atoms with Gasteiger partial charge in [-0.15, -0.1) is 0 Å². The fourth-order valence-corrected chi connectivity index (χ4v) is 3.56. The molecule has 1 aliphatic carbocycles. The number of anilines is 1. The molecule has 2 unspecified atom stereocenters. The molecule has 122 valence electrons. The molecule has 0 aliphatic heterocycles. The van der Waals surface area contributed by atoms with Gasteiger partial charge in [-0.1, -0.05) is 20.8 Å². The van der Waals surface area contributed by atoms with E-state index in [1.54, 1.807) is 14.1 Å². The maximum atomic E-state index is 12.6. The molecule has 2 rings (SSSR count). The van der Waals surface area contributed by atoms with Crippen molar-refractivity contribution in [1.82, 2.24) is 15.1 Å². The molecule has 1 fully saturated rings. The molecular formula is C16H26N4O2. The highest BCUT2D eigenvalue weighted by Crippen LogP contribution is 2.42. The van der Waals surface area contributed by atoms with Crippen LogP contribution in [0.25, 0.3) is 0 Å². The summed E-state index contributed by atoms with van der Waals surface area (Å²) in [6.07, 6.45) is 4.35. The average molecular weight is 306 g/mol. The second-order valence-electron chi connectivity index (χ2n) is 7.46. The molecule has 2 atom stereocenters. The smallest absolute Gasteiger partial charge is 0.258 e. The van der Waals surface area contributed by atoms with Gasteiger partial charge in [0.05, 0.1) is 6.20 Å². The quantitative estimate of drug-likeness (QED) is 0.900. The van der Waals surface area contributed by atoms with Crippen molar-refractivity contribution < 1.29 is 9.59 Å². The Balaban J connectivity index is 2.10. The van der Waals surface area contributed by atoms with Gasteiger partial charge >= 0.3 is 0 Å². The Hall–Kier alpha value is -1.85. The first-order valence-electron chi connectivity index (χ1n) is 7.75. The van der Waals surface area contributed by atoms with E-state index in [1.807, 2.05) is 0 Å². The Bertz CT molecular complexity index is 562. The van der Waals surface area contributed by atoms with Crippen LogP contribution in [-0.2, 0) is 4.79 Å². The summed E-state index contributed by atoms with van der Waals surface area (Å²) >= 11 is 0. The molecule has 2 amide bonds. The van der Waals surface area contributed by atoms with E-state index < -0.39 is 0 Å². The average Bonchev–Trinajstić information content (AvgIpc) is 2.83. The van der Waals surface area contributed by atoms with Crippen LogP contribution >= 0.6 is 0 Å². The van der Waals surface area contributed by atoms with Crippen molar-refractivity contribution in [3.63, 3.8) is 0 Å². The Morgan fingerprint density at radius 3 is 2.64 bits per heavy atom. The summed E-state index contributed by atoms with van der Waals surface area (Å²) < 4.78 is 0. The summed E-state index contributed by atoms with van der Waals surface area (Å²) in [5.41, 5.74) is 0.567. The lowest BCUT2D eigenvalue weighted by Gasteiger charge is -2.38. The lowest BCUT2D eigenvalue weighted by molar-refractivity contribution is -0.122. The molecule has 6 nitrogen and oxygen atoms in total. The minimum atomic E-state index is -0.179. The fraction of sp³-hybridized carbons (Fsp3) is 0.688. The van der Waals surface area contributed by atoms with Crippen molar-refractivity contribution in [1.29, 1.82) is 0 Å². The van der Waals surface area contributed by atoms with Crippen molar-refractivity contribution in [3.05, 3.63) is 11.8 Å². The molecule has 1 aromatic rings. The third-order valence-corrected chi connectivity index (χ3v) is 4.28. The highest BCUT2D eigenvalue weighted by atomic mass is 16.2. The Labute approximate surface area is 131 Å². The molecule has 0 bridgehead atoms. The van der Waals surface area contributed by atoms with Crippen LogP contribution in [0.15, 0.2) is 6.20 Å². The Morgan fingerprint density at radius 1 is 1.36 bits per heavy atom. The first-order chi connectivity index (χ1) is 10.2. The summed E-state index contributed by atoms with van der Waals surface area (Å²) in [6, 6.07) is 0. The Morgan fingerprint density at radius 2 is 2.05 bits per heavy atom. The van der Waals surface area contributed by atoms with Crippen LogP contribution in [0.4, 0.5) is 5.82 Å². The zero-order valence-electron chi connectivity index (χ0n) is 14.1. The van der Waals surface area contributed by atoms with E-state index in [2.05, 4.69) is 36.3 Å². The molecule has 0 radical (unpaired) electrons. The molecule has 1 aliphatic rings. The normalized spacial score (nSPS) is 23.9. The zero-order valence-corrected chi connectivity index (χ0v) is 14.1. The number of hydrogen-bond acceptors (Lipinski definition) is 3. The lowest BCUT2D eigenvalue weighted by atomic mass is 9.68. The second-order valence-corrected chi connectivity index (χ2v) is 7.46. The summed E-state index contributed by atoms with van der Waals surface area (Å²) in [7, 11) is 3.35. The van der Waals surface area contributed by atoms with Gasteiger partial charge in [-0.05, 0) is 30.6 Å². The van der Waals surface area contributed by atoms with Crippen molar-refractivity contribution in [3.8, 4) is 0 Å². The maximum absolute atomic E-state index is 12.6. The zero-order chi connectivity index (χ0) is 16.5. The van der Waals surface area contributed by atoms with E-state index in [9.17, 15) is 9.59 Å². The number of amides is 2. The summed E-state index contributed by atoms with van der Waals surface area (Å²) in [5, 5.41) is 9.44. The number of aromatic amines is 1. The summed E-state index contributed by atoms with van der Waals surface area (Å²) in [5.74, 6) is 0.686. The van der Waals surface area contributed by atoms with Gasteiger partial charge in [0.2, 0.25) is 5.91 Å². The predicted octanol–water partition coefficient (Wildman–Crippen LogP) is 2.51. The first-order valence-corrected chi connectivity index (χ1v) is 7.75. The van der Waals surface area contributed by atoms with Crippen LogP contribution in [0.3, 0.4) is 0 Å². The number of aromatic nitrogens is 2. The van der Waals surface area contributed by atoms with Gasteiger partial charge in [-0.25, -0.2) is 0 Å². The Kier molecular flexibility index (Phi) is 4.58. The van der Waals surface area contributed by atoms with Crippen LogP contribution < -0.4 is 5.32 Å². The van der Waals surface area contributed by atoms with Gasteiger partial charge in [0.1, 0.15) is 11.4 Å². The van der Waals surface area contributed by atoms with Crippen molar-refractivity contribution in [2.24, 2.45) is 17.3 Å². The van der Waals surface area contributed by atoms with E-state index in [1.165, 1.54) is 11.1 Å². The van der Waals surface area contributed by atoms with E-state index in [0.717, 1.165) is 19.3 Å². The standard InChI is InChI=1S/C16H26N4O2/c1-10-6-11(8-16(2,3)7-10)14(21)18-13-12(9-17-19-13)15(22)20(4)5/h9-11H,6-8H2,1-5H3,(H2,17,18,19,21). The van der Waals surface area contributed by atoms with Crippen LogP contribution in [0.2, 0.25) is 0 Å². The lowest BCUT2D eigenvalue weighted by Crippen LogP contribution is -2.35. The minimum Gasteiger partial charge on any atom is -0.345 e. The van der Waals surface area contributed by atoms with E-state index >= 15 is 0 Å². The first kappa shape index (κ1) is 16.5. The predicted molar refractivity (Wildman–Crippen MR) is 85.5 cm³/mol. The number of carbonyl (C=O) groups excluding carboxylic acids is 2. The van der Waals surface area contributed by atoms with Gasteiger partial charge in [0.15, 0.2) is 0 Å². The molecule has 2 N–H and O–H groups in total. The van der Waals surface area contributed by atoms with E-state index in [4.69, 9.17) is 0 Å². The van der Waals surface area contributed by atoms with Crippen LogP contribution in [-0.4, -0.2) is 41.0 Å². The second kappa shape index (κ2) is 6.10. The van der Waals surface area contributed by atoms with Crippen molar-refractivity contribution >= 4 is 17.6 Å². The van der Waals surface area contributed by atoms with Crippen molar-refractivity contribution in [2.45, 2.75) is 40.0 Å². The largest absolute Gasteiger partial charge is 0.345 e. The molecular weight excluding hydrogens is 280 g/mol. The van der Waals surface area contributed by atoms with Gasteiger partial charge in [0.25, 0.3) is 5.91 Å². The minimum absolute atomic E-state index is 0.0237. The topological polar surface area (TPSA) is 78.1 Å². The number of nitrogens with one attached hydrogen (secondary N) is 2. The molecule has 1 heterocycles. The van der Waals surface area contributed by atoms with E-state index in [-0.39, 0.29) is 23.1 Å². The highest BCUT2D eigenvalue weighted by molar-refractivity contribution is 6.02. The van der Waals surface area contributed by atoms with E-state index in [0.29, 0.717) is 17.3 Å². The van der Waals surface area contributed by atoms with Crippen LogP contribution in [0, 0.1) is 17.3 Å². The summed E-state index contributed by atoms with van der Waals surface area (Å²) in [4.78, 5) is 26.1. The monoisotopic (exact) mass is 306 g/mol. The number of H-pyrrole nitrogens is 1. The van der Waals surface area contributed by atoms with Crippen molar-refractivity contribution in [2.75, 3.05) is 19.4 Å². The number of rotatable bonds is 3. The maximum Gasteiger partial charge on any atom is 0.258 e. The van der Waals surface area contributed by atoms with Gasteiger partial charge in [0, 0.05) is 20.0 Å². The molecule has 0 saturated heterocycles. The number of carbonyl (C=O) groups is 2. The van der Waals surface area contributed by atoms with Crippen LogP contribution in [0.5, 0.6) is 0 Å². The molecule has 22 heavy (non-hydrogen) atoms. The third-order valence-electron chi connectivity index (χ3n) is 4.28. The number of hydrogen-bond donors (Lipinski definition) is 2. The molecule has 0 aromatic carbocycles.